The summed E-state index contributed by atoms with van der Waals surface area (Å²) in [6.45, 7) is 4.72. The van der Waals surface area contributed by atoms with E-state index in [9.17, 15) is 0 Å². The fraction of sp³-hybridized carbons (Fsp3) is 0.0500. The van der Waals surface area contributed by atoms with Crippen molar-refractivity contribution in [1.29, 1.82) is 0 Å². The summed E-state index contributed by atoms with van der Waals surface area (Å²) in [5, 5.41) is 4.70. The highest BCUT2D eigenvalue weighted by atomic mass is 15.0. The Morgan fingerprint density at radius 3 is 1.45 bits per heavy atom. The first-order valence-electron chi connectivity index (χ1n) is 22.3. The summed E-state index contributed by atoms with van der Waals surface area (Å²) in [7, 11) is 0. The van der Waals surface area contributed by atoms with Crippen LogP contribution in [0.3, 0.4) is 0 Å². The van der Waals surface area contributed by atoms with Crippen LogP contribution in [0.1, 0.15) is 25.0 Å². The third-order valence-corrected chi connectivity index (χ3v) is 13.6. The zero-order valence-electron chi connectivity index (χ0n) is 35.9. The molecular weight excluding hydrogens is 791 g/mol. The third kappa shape index (κ3) is 5.75. The predicted molar refractivity (Wildman–Crippen MR) is 268 cm³/mol. The number of rotatable bonds is 6. The van der Waals surface area contributed by atoms with Crippen LogP contribution in [0.2, 0.25) is 0 Å². The van der Waals surface area contributed by atoms with Gasteiger partial charge >= 0.3 is 0 Å². The number of nitrogens with zero attached hydrogens (tertiary/aromatic N) is 5. The van der Waals surface area contributed by atoms with E-state index in [2.05, 4.69) is 199 Å². The van der Waals surface area contributed by atoms with E-state index in [0.717, 1.165) is 61.0 Å². The van der Waals surface area contributed by atoms with Crippen LogP contribution in [0, 0.1) is 0 Å². The molecule has 1 aliphatic carbocycles. The van der Waals surface area contributed by atoms with E-state index in [1.165, 1.54) is 44.1 Å². The summed E-state index contributed by atoms with van der Waals surface area (Å²) < 4.78 is 4.81. The minimum Gasteiger partial charge on any atom is -0.309 e. The van der Waals surface area contributed by atoms with Crippen LogP contribution in [-0.2, 0) is 5.41 Å². The molecule has 1 aliphatic rings. The van der Waals surface area contributed by atoms with Gasteiger partial charge in [-0.2, -0.15) is 0 Å². The van der Waals surface area contributed by atoms with Crippen LogP contribution >= 0.6 is 0 Å². The molecule has 5 heteroatoms. The number of aromatic nitrogens is 5. The molecule has 0 spiro atoms. The summed E-state index contributed by atoms with van der Waals surface area (Å²) in [6.07, 6.45) is 0. The maximum atomic E-state index is 5.22. The second-order valence-corrected chi connectivity index (χ2v) is 17.6. The Balaban J connectivity index is 1.06. The summed E-state index contributed by atoms with van der Waals surface area (Å²) in [6, 6.07) is 76.0. The quantitative estimate of drug-likeness (QED) is 0.168. The van der Waals surface area contributed by atoms with Gasteiger partial charge in [0.2, 0.25) is 0 Å². The maximum absolute atomic E-state index is 5.22. The van der Waals surface area contributed by atoms with E-state index < -0.39 is 0 Å². The molecule has 0 radical (unpaired) electrons. The molecule has 0 N–H and O–H groups in total. The lowest BCUT2D eigenvalue weighted by Crippen LogP contribution is -2.14. The number of hydrogen-bond acceptors (Lipinski definition) is 3. The van der Waals surface area contributed by atoms with Gasteiger partial charge in [0, 0.05) is 55.0 Å². The second kappa shape index (κ2) is 14.3. The number of benzene rings is 9. The van der Waals surface area contributed by atoms with E-state index in [1.807, 2.05) is 36.4 Å². The second-order valence-electron chi connectivity index (χ2n) is 17.6. The van der Waals surface area contributed by atoms with Crippen LogP contribution in [0.25, 0.3) is 111 Å². The Bertz CT molecular complexity index is 3770. The largest absolute Gasteiger partial charge is 0.309 e. The van der Waals surface area contributed by atoms with Gasteiger partial charge in [-0.05, 0) is 100 Å². The van der Waals surface area contributed by atoms with Gasteiger partial charge in [0.05, 0.1) is 22.1 Å². The van der Waals surface area contributed by atoms with Gasteiger partial charge < -0.3 is 9.13 Å². The summed E-state index contributed by atoms with van der Waals surface area (Å²) in [5.41, 5.74) is 17.3. The highest BCUT2D eigenvalue weighted by Crippen LogP contribution is 2.51. The van der Waals surface area contributed by atoms with Crippen molar-refractivity contribution in [3.05, 3.63) is 223 Å². The SMILES string of the molecule is CC1(C)c2ccccc2-c2cc3c4cc(-c5ccc6c(c5)c5c(-c7nc(-c8ccccc8)nc(-c8ccccc8)n7)cccc5n6-c5ccccc5)ccc4n(-c4ccccc4)c3cc21. The lowest BCUT2D eigenvalue weighted by molar-refractivity contribution is 0.661. The average Bonchev–Trinajstić information content (AvgIpc) is 3.96. The van der Waals surface area contributed by atoms with Gasteiger partial charge in [0.1, 0.15) is 0 Å². The van der Waals surface area contributed by atoms with Crippen LogP contribution in [0.4, 0.5) is 0 Å². The topological polar surface area (TPSA) is 48.5 Å². The third-order valence-electron chi connectivity index (χ3n) is 13.6. The molecule has 3 aromatic heterocycles. The van der Waals surface area contributed by atoms with E-state index in [-0.39, 0.29) is 5.41 Å². The molecule has 12 aromatic rings. The van der Waals surface area contributed by atoms with Crippen molar-refractivity contribution < 1.29 is 0 Å². The normalized spacial score (nSPS) is 12.9. The molecule has 0 fully saturated rings. The molecule has 0 unspecified atom stereocenters. The van der Waals surface area contributed by atoms with Crippen LogP contribution in [-0.4, -0.2) is 24.1 Å². The first-order valence-corrected chi connectivity index (χ1v) is 22.3. The molecule has 0 aliphatic heterocycles. The van der Waals surface area contributed by atoms with Gasteiger partial charge in [-0.25, -0.2) is 15.0 Å². The van der Waals surface area contributed by atoms with E-state index >= 15 is 0 Å². The van der Waals surface area contributed by atoms with Gasteiger partial charge in [-0.15, -0.1) is 0 Å². The highest BCUT2D eigenvalue weighted by molar-refractivity contribution is 6.17. The van der Waals surface area contributed by atoms with E-state index in [0.29, 0.717) is 17.5 Å². The van der Waals surface area contributed by atoms with Crippen molar-refractivity contribution in [3.63, 3.8) is 0 Å². The minimum atomic E-state index is -0.107. The Morgan fingerprint density at radius 2 is 0.815 bits per heavy atom. The molecule has 3 heterocycles. The fourth-order valence-electron chi connectivity index (χ4n) is 10.5. The molecule has 0 saturated carbocycles. The van der Waals surface area contributed by atoms with Crippen LogP contribution in [0.15, 0.2) is 212 Å². The van der Waals surface area contributed by atoms with Crippen LogP contribution < -0.4 is 0 Å². The molecule has 9 aromatic carbocycles. The Hall–Kier alpha value is -8.41. The Labute approximate surface area is 376 Å². The van der Waals surface area contributed by atoms with Crippen molar-refractivity contribution in [1.82, 2.24) is 24.1 Å². The molecule has 5 nitrogen and oxygen atoms in total. The zero-order chi connectivity index (χ0) is 43.2. The van der Waals surface area contributed by atoms with Gasteiger partial charge in [0.15, 0.2) is 17.5 Å². The highest BCUT2D eigenvalue weighted by Gasteiger charge is 2.36. The number of hydrogen-bond donors (Lipinski definition) is 0. The van der Waals surface area contributed by atoms with Crippen LogP contribution in [0.5, 0.6) is 0 Å². The zero-order valence-corrected chi connectivity index (χ0v) is 35.9. The molecule has 0 atom stereocenters. The molecular formula is C60H41N5. The van der Waals surface area contributed by atoms with Crippen molar-refractivity contribution in [2.45, 2.75) is 19.3 Å². The molecule has 0 amide bonds. The molecule has 65 heavy (non-hydrogen) atoms. The van der Waals surface area contributed by atoms with Gasteiger partial charge in [0.25, 0.3) is 0 Å². The first kappa shape index (κ1) is 37.2. The lowest BCUT2D eigenvalue weighted by atomic mass is 9.82. The average molecular weight is 832 g/mol. The standard InChI is InChI=1S/C60H41N5/c1-60(2)50-28-16-15-26-44(50)46-36-48-47-34-40(30-32-52(47)65(55(48)37-51(46)60)43-24-13-6-14-25-43)41-31-33-53-49(35-41)56-45(27-17-29-54(56)64(53)42-22-11-5-12-23-42)59-62-57(38-18-7-3-8-19-38)61-58(63-59)39-20-9-4-10-21-39/h3-37H,1-2H3. The summed E-state index contributed by atoms with van der Waals surface area (Å²) >= 11 is 0. The van der Waals surface area contributed by atoms with Crippen molar-refractivity contribution in [2.24, 2.45) is 0 Å². The number of para-hydroxylation sites is 2. The van der Waals surface area contributed by atoms with Gasteiger partial charge in [-0.1, -0.05) is 159 Å². The van der Waals surface area contributed by atoms with Crippen molar-refractivity contribution in [2.75, 3.05) is 0 Å². The maximum Gasteiger partial charge on any atom is 0.164 e. The molecule has 13 rings (SSSR count). The Kier molecular flexibility index (Phi) is 8.18. The van der Waals surface area contributed by atoms with Crippen molar-refractivity contribution in [3.8, 4) is 67.8 Å². The minimum absolute atomic E-state index is 0.107. The fourth-order valence-corrected chi connectivity index (χ4v) is 10.5. The van der Waals surface area contributed by atoms with Gasteiger partial charge in [-0.3, -0.25) is 0 Å². The molecule has 0 bridgehead atoms. The smallest absolute Gasteiger partial charge is 0.164 e. The summed E-state index contributed by atoms with van der Waals surface area (Å²) in [4.78, 5) is 15.5. The lowest BCUT2D eigenvalue weighted by Gasteiger charge is -2.21. The molecule has 0 saturated heterocycles. The van der Waals surface area contributed by atoms with E-state index in [4.69, 9.17) is 15.0 Å². The molecule has 306 valence electrons. The van der Waals surface area contributed by atoms with E-state index in [1.54, 1.807) is 0 Å². The number of fused-ring (bicyclic) bond motifs is 9. The monoisotopic (exact) mass is 831 g/mol. The Morgan fingerprint density at radius 1 is 0.323 bits per heavy atom. The van der Waals surface area contributed by atoms with Crippen molar-refractivity contribution >= 4 is 43.6 Å². The predicted octanol–water partition coefficient (Wildman–Crippen LogP) is 15.0. The first-order chi connectivity index (χ1) is 32.0. The summed E-state index contributed by atoms with van der Waals surface area (Å²) in [5.74, 6) is 1.91.